The van der Waals surface area contributed by atoms with Crippen LogP contribution < -0.4 is 0 Å². The largest absolute Gasteiger partial charge is 0.103 e. The van der Waals surface area contributed by atoms with Crippen molar-refractivity contribution in [3.05, 3.63) is 24.8 Å². The smallest absolute Gasteiger partial charge is 0.0351 e. The predicted octanol–water partition coefficient (Wildman–Crippen LogP) is 6.29. The van der Waals surface area contributed by atoms with Crippen LogP contribution in [0.5, 0.6) is 0 Å². The highest BCUT2D eigenvalue weighted by molar-refractivity contribution is 4.75. The third kappa shape index (κ3) is 23.4. The van der Waals surface area contributed by atoms with Gasteiger partial charge in [0.2, 0.25) is 0 Å². The second kappa shape index (κ2) is 20.0. The molecule has 0 atom stereocenters. The molecule has 0 aliphatic heterocycles. The van der Waals surface area contributed by atoms with Gasteiger partial charge in [0.05, 0.1) is 0 Å². The molecule has 0 heterocycles. The monoisotopic (exact) mass is 224 g/mol. The minimum Gasteiger partial charge on any atom is -0.103 e. The predicted molar refractivity (Wildman–Crippen MR) is 77.9 cm³/mol. The summed E-state index contributed by atoms with van der Waals surface area (Å²) < 4.78 is 0. The number of unbranched alkanes of at least 4 members (excludes halogenated alkanes) is 7. The van der Waals surface area contributed by atoms with E-state index in [2.05, 4.69) is 39.5 Å². The molecule has 0 radical (unpaired) electrons. The van der Waals surface area contributed by atoms with Gasteiger partial charge in [-0.05, 0) is 32.6 Å². The molecule has 0 amide bonds. The van der Waals surface area contributed by atoms with Gasteiger partial charge in [-0.15, -0.1) is 6.58 Å². The van der Waals surface area contributed by atoms with Crippen molar-refractivity contribution in [2.24, 2.45) is 0 Å². The number of allylic oxidation sites excluding steroid dienone is 3. The molecule has 0 rings (SSSR count). The fourth-order valence-corrected chi connectivity index (χ4v) is 1.39. The lowest BCUT2D eigenvalue weighted by Gasteiger charge is -1.91. The van der Waals surface area contributed by atoms with E-state index < -0.39 is 0 Å². The molecule has 0 bridgehead atoms. The molecule has 96 valence electrons. The van der Waals surface area contributed by atoms with Gasteiger partial charge in [-0.2, -0.15) is 0 Å². The van der Waals surface area contributed by atoms with Gasteiger partial charge < -0.3 is 0 Å². The molecule has 16 heavy (non-hydrogen) atoms. The third-order valence-electron chi connectivity index (χ3n) is 2.47. The summed E-state index contributed by atoms with van der Waals surface area (Å²) in [5.41, 5.74) is 0. The quantitative estimate of drug-likeness (QED) is 0.319. The van der Waals surface area contributed by atoms with Crippen molar-refractivity contribution in [2.45, 2.75) is 78.6 Å². The highest BCUT2D eigenvalue weighted by Gasteiger charge is 1.81. The highest BCUT2D eigenvalue weighted by atomic mass is 13.9. The van der Waals surface area contributed by atoms with Crippen LogP contribution in [-0.2, 0) is 0 Å². The summed E-state index contributed by atoms with van der Waals surface area (Å²) in [7, 11) is 0. The van der Waals surface area contributed by atoms with E-state index in [0.717, 1.165) is 0 Å². The van der Waals surface area contributed by atoms with Crippen LogP contribution in [0.3, 0.4) is 0 Å². The van der Waals surface area contributed by atoms with E-state index in [1.807, 2.05) is 6.08 Å². The van der Waals surface area contributed by atoms with Crippen LogP contribution in [0.1, 0.15) is 78.6 Å². The van der Waals surface area contributed by atoms with Crippen LogP contribution >= 0.6 is 0 Å². The molecule has 0 unspecified atom stereocenters. The molecule has 0 spiro atoms. The summed E-state index contributed by atoms with van der Waals surface area (Å²) >= 11 is 0. The Morgan fingerprint density at radius 1 is 0.812 bits per heavy atom. The van der Waals surface area contributed by atoms with Gasteiger partial charge in [0.25, 0.3) is 0 Å². The van der Waals surface area contributed by atoms with Crippen molar-refractivity contribution in [2.75, 3.05) is 0 Å². The molecule has 0 N–H and O–H groups in total. The first-order valence-electron chi connectivity index (χ1n) is 7.05. The molecule has 0 aromatic rings. The average molecular weight is 224 g/mol. The van der Waals surface area contributed by atoms with E-state index in [1.165, 1.54) is 57.8 Å². The summed E-state index contributed by atoms with van der Waals surface area (Å²) in [5.74, 6) is 0. The van der Waals surface area contributed by atoms with Crippen molar-refractivity contribution in [3.8, 4) is 0 Å². The molecule has 0 nitrogen and oxygen atoms in total. The van der Waals surface area contributed by atoms with Crippen LogP contribution in [0.2, 0.25) is 0 Å². The standard InChI is InChI=1S/2C8H16/c2*1-3-5-7-8-6-4-2/h3,5H,4,6-8H2,1-2H3;3H,1,4-8H2,2H3/b5-3+;. The maximum Gasteiger partial charge on any atom is -0.0351 e. The lowest BCUT2D eigenvalue weighted by molar-refractivity contribution is 0.675. The minimum absolute atomic E-state index is 1.19. The van der Waals surface area contributed by atoms with Crippen molar-refractivity contribution in [1.29, 1.82) is 0 Å². The fourth-order valence-electron chi connectivity index (χ4n) is 1.39. The molecule has 0 aliphatic rings. The molecular formula is C16H32. The summed E-state index contributed by atoms with van der Waals surface area (Å²) in [4.78, 5) is 0. The van der Waals surface area contributed by atoms with Gasteiger partial charge in [0, 0.05) is 0 Å². The van der Waals surface area contributed by atoms with Crippen molar-refractivity contribution >= 4 is 0 Å². The van der Waals surface area contributed by atoms with Crippen molar-refractivity contribution in [1.82, 2.24) is 0 Å². The van der Waals surface area contributed by atoms with Crippen molar-refractivity contribution in [3.63, 3.8) is 0 Å². The topological polar surface area (TPSA) is 0 Å². The third-order valence-corrected chi connectivity index (χ3v) is 2.47. The normalized spacial score (nSPS) is 9.94. The zero-order valence-electron chi connectivity index (χ0n) is 11.8. The van der Waals surface area contributed by atoms with Crippen molar-refractivity contribution < 1.29 is 0 Å². The Balaban J connectivity index is 0. The van der Waals surface area contributed by atoms with Gasteiger partial charge >= 0.3 is 0 Å². The molecule has 0 aromatic carbocycles. The lowest BCUT2D eigenvalue weighted by Crippen LogP contribution is -1.71. The highest BCUT2D eigenvalue weighted by Crippen LogP contribution is 2.01. The van der Waals surface area contributed by atoms with Gasteiger partial charge in [0.1, 0.15) is 0 Å². The summed E-state index contributed by atoms with van der Waals surface area (Å²) in [6, 6.07) is 0. The maximum atomic E-state index is 3.66. The Morgan fingerprint density at radius 2 is 1.38 bits per heavy atom. The van der Waals surface area contributed by atoms with Crippen LogP contribution in [0, 0.1) is 0 Å². The summed E-state index contributed by atoms with van der Waals surface area (Å²) in [6.45, 7) is 10.2. The van der Waals surface area contributed by atoms with Crippen LogP contribution in [0.15, 0.2) is 24.8 Å². The Hall–Kier alpha value is -0.520. The first-order valence-corrected chi connectivity index (χ1v) is 7.05. The molecular weight excluding hydrogens is 192 g/mol. The second-order valence-electron chi connectivity index (χ2n) is 4.20. The van der Waals surface area contributed by atoms with E-state index in [9.17, 15) is 0 Å². The Morgan fingerprint density at radius 3 is 1.88 bits per heavy atom. The van der Waals surface area contributed by atoms with Crippen LogP contribution in [-0.4, -0.2) is 0 Å². The fraction of sp³-hybridized carbons (Fsp3) is 0.750. The average Bonchev–Trinajstić information content (AvgIpc) is 2.31. The lowest BCUT2D eigenvalue weighted by atomic mass is 10.2. The Kier molecular flexibility index (Phi) is 22.3. The number of rotatable bonds is 9. The van der Waals surface area contributed by atoms with E-state index in [1.54, 1.807) is 0 Å². The minimum atomic E-state index is 1.19. The van der Waals surface area contributed by atoms with E-state index in [0.29, 0.717) is 0 Å². The molecule has 0 saturated heterocycles. The zero-order chi connectivity index (χ0) is 12.5. The van der Waals surface area contributed by atoms with Crippen LogP contribution in [0.25, 0.3) is 0 Å². The van der Waals surface area contributed by atoms with Gasteiger partial charge in [-0.3, -0.25) is 0 Å². The van der Waals surface area contributed by atoms with Gasteiger partial charge in [-0.25, -0.2) is 0 Å². The van der Waals surface area contributed by atoms with Gasteiger partial charge in [0.15, 0.2) is 0 Å². The number of hydrogen-bond acceptors (Lipinski definition) is 0. The summed E-state index contributed by atoms with van der Waals surface area (Å²) in [6.07, 6.45) is 18.3. The first-order chi connectivity index (χ1) is 7.83. The van der Waals surface area contributed by atoms with Crippen LogP contribution in [0.4, 0.5) is 0 Å². The first kappa shape index (κ1) is 17.9. The molecule has 0 saturated carbocycles. The SMILES string of the molecule is C/C=C/CCCCC.C=CCCCCCC. The Bertz CT molecular complexity index is 133. The zero-order valence-corrected chi connectivity index (χ0v) is 11.8. The van der Waals surface area contributed by atoms with E-state index >= 15 is 0 Å². The van der Waals surface area contributed by atoms with Gasteiger partial charge in [-0.1, -0.05) is 64.2 Å². The second-order valence-corrected chi connectivity index (χ2v) is 4.20. The van der Waals surface area contributed by atoms with E-state index in [-0.39, 0.29) is 0 Å². The van der Waals surface area contributed by atoms with E-state index in [4.69, 9.17) is 0 Å². The molecule has 0 aromatic heterocycles. The number of hydrogen-bond donors (Lipinski definition) is 0. The molecule has 0 heteroatoms. The molecule has 0 aliphatic carbocycles. The summed E-state index contributed by atoms with van der Waals surface area (Å²) in [5, 5.41) is 0. The molecule has 0 fully saturated rings. The maximum absolute atomic E-state index is 3.66. The Labute approximate surface area is 104 Å².